The minimum atomic E-state index is -1.47. The van der Waals surface area contributed by atoms with Crippen LogP contribution >= 0.6 is 11.8 Å². The molecule has 0 radical (unpaired) electrons. The minimum absolute atomic E-state index is 0.155. The molecule has 0 aliphatic carbocycles. The fourth-order valence-electron chi connectivity index (χ4n) is 3.42. The topological polar surface area (TPSA) is 136 Å². The summed E-state index contributed by atoms with van der Waals surface area (Å²) in [5, 5.41) is 21.0. The first-order chi connectivity index (χ1) is 12.0. The molecule has 10 nitrogen and oxygen atoms in total. The minimum Gasteiger partial charge on any atom is -0.477 e. The lowest BCUT2D eigenvalue weighted by Crippen LogP contribution is -2.81. The number of carbonyl (C=O) groups is 4. The molecule has 136 valence electrons. The predicted octanol–water partition coefficient (Wildman–Crippen LogP) is -2.08. The van der Waals surface area contributed by atoms with Gasteiger partial charge in [0.25, 0.3) is 12.4 Å². The molecule has 3 aliphatic heterocycles. The van der Waals surface area contributed by atoms with Crippen molar-refractivity contribution in [3.8, 4) is 0 Å². The van der Waals surface area contributed by atoms with Crippen molar-refractivity contribution >= 4 is 36.5 Å². The van der Waals surface area contributed by atoms with Crippen LogP contribution in [0.2, 0.25) is 0 Å². The van der Waals surface area contributed by atoms with E-state index in [2.05, 4.69) is 10.1 Å². The molecule has 0 aromatic heterocycles. The number of likely N-dealkylation sites (tertiary alicyclic amines) is 1. The Morgan fingerprint density at radius 2 is 2.24 bits per heavy atom. The quantitative estimate of drug-likeness (QED) is 0.340. The van der Waals surface area contributed by atoms with Crippen LogP contribution in [0.15, 0.2) is 11.4 Å². The van der Waals surface area contributed by atoms with Gasteiger partial charge in [-0.05, 0) is 6.42 Å². The summed E-state index contributed by atoms with van der Waals surface area (Å²) in [7, 11) is 0. The SMILES string of the molecule is O=CNC1(COC=O)C(=O)N2C(C(=O)O)=C(N3CCC(O)C3)CS[C@H]21. The Morgan fingerprint density at radius 3 is 2.80 bits per heavy atom. The molecule has 2 saturated heterocycles. The summed E-state index contributed by atoms with van der Waals surface area (Å²) >= 11 is 1.27. The van der Waals surface area contributed by atoms with E-state index in [1.807, 2.05) is 0 Å². The van der Waals surface area contributed by atoms with E-state index in [-0.39, 0.29) is 18.8 Å². The van der Waals surface area contributed by atoms with Crippen LogP contribution in [0.3, 0.4) is 0 Å². The first kappa shape index (κ1) is 17.5. The summed E-state index contributed by atoms with van der Waals surface area (Å²) < 4.78 is 4.68. The van der Waals surface area contributed by atoms with Gasteiger partial charge in [0, 0.05) is 18.8 Å². The van der Waals surface area contributed by atoms with E-state index in [1.54, 1.807) is 4.90 Å². The second kappa shape index (κ2) is 6.56. The molecule has 0 spiro atoms. The van der Waals surface area contributed by atoms with Crippen LogP contribution in [-0.4, -0.2) is 87.2 Å². The molecule has 0 saturated carbocycles. The van der Waals surface area contributed by atoms with Crippen molar-refractivity contribution in [2.24, 2.45) is 0 Å². The number of hydrogen-bond donors (Lipinski definition) is 3. The van der Waals surface area contributed by atoms with Gasteiger partial charge in [0.05, 0.1) is 11.8 Å². The number of aliphatic hydroxyl groups is 1. The summed E-state index contributed by atoms with van der Waals surface area (Å²) in [6.07, 6.45) is 0.331. The standard InChI is InChI=1S/C14H17N3O7S/c18-6-15-14(5-24-7-19)12(23)17-10(11(21)22)9(4-25-13(14)17)16-2-1-8(20)3-16/h6-8,13,20H,1-5H2,(H,15,18)(H,21,22)/t8?,13-,14?/m0/s1. The molecule has 25 heavy (non-hydrogen) atoms. The second-order valence-corrected chi connectivity index (χ2v) is 7.04. The van der Waals surface area contributed by atoms with E-state index >= 15 is 0 Å². The van der Waals surface area contributed by atoms with Crippen LogP contribution in [-0.2, 0) is 23.9 Å². The number of aliphatic carboxylic acids is 1. The Labute approximate surface area is 146 Å². The van der Waals surface area contributed by atoms with Gasteiger partial charge in [-0.1, -0.05) is 0 Å². The fraction of sp³-hybridized carbons (Fsp3) is 0.571. The highest BCUT2D eigenvalue weighted by Gasteiger charge is 2.65. The van der Waals surface area contributed by atoms with Crippen LogP contribution in [0.25, 0.3) is 0 Å². The smallest absolute Gasteiger partial charge is 0.354 e. The largest absolute Gasteiger partial charge is 0.477 e. The van der Waals surface area contributed by atoms with Crippen molar-refractivity contribution in [2.45, 2.75) is 23.4 Å². The predicted molar refractivity (Wildman–Crippen MR) is 83.9 cm³/mol. The van der Waals surface area contributed by atoms with E-state index in [4.69, 9.17) is 0 Å². The zero-order valence-electron chi connectivity index (χ0n) is 13.1. The summed E-state index contributed by atoms with van der Waals surface area (Å²) in [5.41, 5.74) is -1.16. The lowest BCUT2D eigenvalue weighted by atomic mass is 9.87. The number of carbonyl (C=O) groups excluding carboxylic acids is 3. The average Bonchev–Trinajstić information content (AvgIpc) is 3.03. The molecule has 2 unspecified atom stereocenters. The molecule has 3 aliphatic rings. The van der Waals surface area contributed by atoms with Crippen molar-refractivity contribution < 1.29 is 34.1 Å². The zero-order chi connectivity index (χ0) is 18.2. The lowest BCUT2D eigenvalue weighted by molar-refractivity contribution is -0.163. The molecule has 2 fully saturated rings. The molecular formula is C14H17N3O7S. The molecule has 3 atom stereocenters. The van der Waals surface area contributed by atoms with E-state index in [1.165, 1.54) is 11.8 Å². The first-order valence-electron chi connectivity index (χ1n) is 7.57. The average molecular weight is 371 g/mol. The van der Waals surface area contributed by atoms with Gasteiger partial charge in [-0.2, -0.15) is 0 Å². The molecule has 3 heterocycles. The normalized spacial score (nSPS) is 31.3. The van der Waals surface area contributed by atoms with Crippen molar-refractivity contribution in [1.29, 1.82) is 0 Å². The van der Waals surface area contributed by atoms with Crippen LogP contribution in [0.1, 0.15) is 6.42 Å². The summed E-state index contributed by atoms with van der Waals surface area (Å²) in [6.45, 7) is 0.618. The Kier molecular flexibility index (Phi) is 4.60. The molecule has 2 amide bonds. The number of aliphatic hydroxyl groups excluding tert-OH is 1. The van der Waals surface area contributed by atoms with Crippen LogP contribution in [0.5, 0.6) is 0 Å². The number of nitrogens with one attached hydrogen (secondary N) is 1. The maximum Gasteiger partial charge on any atom is 0.354 e. The Morgan fingerprint density at radius 1 is 1.48 bits per heavy atom. The van der Waals surface area contributed by atoms with E-state index in [0.717, 1.165) is 4.90 Å². The van der Waals surface area contributed by atoms with Crippen LogP contribution in [0, 0.1) is 0 Å². The van der Waals surface area contributed by atoms with E-state index in [9.17, 15) is 29.4 Å². The van der Waals surface area contributed by atoms with Crippen molar-refractivity contribution in [1.82, 2.24) is 15.1 Å². The number of carboxylic acid groups (broad SMARTS) is 1. The number of β-lactam (4-membered cyclic amide) rings is 1. The highest BCUT2D eigenvalue weighted by Crippen LogP contribution is 2.47. The summed E-state index contributed by atoms with van der Waals surface area (Å²) in [6, 6.07) is 0. The van der Waals surface area contributed by atoms with Crippen LogP contribution < -0.4 is 5.32 Å². The number of hydrogen-bond acceptors (Lipinski definition) is 8. The fourth-order valence-corrected chi connectivity index (χ4v) is 4.92. The Hall–Kier alpha value is -2.27. The van der Waals surface area contributed by atoms with Gasteiger partial charge in [-0.15, -0.1) is 11.8 Å². The summed E-state index contributed by atoms with van der Waals surface area (Å²) in [5.74, 6) is -1.61. The van der Waals surface area contributed by atoms with Gasteiger partial charge in [0.2, 0.25) is 6.41 Å². The third-order valence-corrected chi connectivity index (χ3v) is 5.96. The zero-order valence-corrected chi connectivity index (χ0v) is 13.9. The number of nitrogens with zero attached hydrogens (tertiary/aromatic N) is 2. The maximum atomic E-state index is 12.7. The van der Waals surface area contributed by atoms with Crippen molar-refractivity contribution in [3.63, 3.8) is 0 Å². The van der Waals surface area contributed by atoms with Gasteiger partial charge >= 0.3 is 5.97 Å². The van der Waals surface area contributed by atoms with Gasteiger partial charge in [-0.25, -0.2) is 4.79 Å². The Balaban J connectivity index is 1.94. The number of fused-ring (bicyclic) bond motifs is 1. The number of ether oxygens (including phenoxy) is 1. The highest BCUT2D eigenvalue weighted by atomic mass is 32.2. The molecule has 0 aromatic carbocycles. The second-order valence-electron chi connectivity index (χ2n) is 5.97. The monoisotopic (exact) mass is 371 g/mol. The number of β-amino-alcohol motifs (C(OH)–C–C–N with tert-alkyl or cyclic N) is 1. The highest BCUT2D eigenvalue weighted by molar-refractivity contribution is 8.00. The number of thioether (sulfide) groups is 1. The van der Waals surface area contributed by atoms with Gasteiger partial charge in [-0.3, -0.25) is 19.3 Å². The molecule has 11 heteroatoms. The molecular weight excluding hydrogens is 354 g/mol. The lowest BCUT2D eigenvalue weighted by Gasteiger charge is -2.56. The maximum absolute atomic E-state index is 12.7. The van der Waals surface area contributed by atoms with Crippen molar-refractivity contribution in [2.75, 3.05) is 25.4 Å². The van der Waals surface area contributed by atoms with Crippen molar-refractivity contribution in [3.05, 3.63) is 11.4 Å². The van der Waals surface area contributed by atoms with Gasteiger partial charge in [0.15, 0.2) is 11.2 Å². The molecule has 0 aromatic rings. The van der Waals surface area contributed by atoms with E-state index in [0.29, 0.717) is 37.4 Å². The van der Waals surface area contributed by atoms with Crippen LogP contribution in [0.4, 0.5) is 0 Å². The Bertz CT molecular complexity index is 654. The third kappa shape index (κ3) is 2.63. The molecule has 0 bridgehead atoms. The number of amides is 2. The van der Waals surface area contributed by atoms with Gasteiger partial charge < -0.3 is 25.2 Å². The molecule has 3 rings (SSSR count). The summed E-state index contributed by atoms with van der Waals surface area (Å²) in [4.78, 5) is 48.8. The number of rotatable bonds is 7. The number of carboxylic acids is 1. The van der Waals surface area contributed by atoms with Gasteiger partial charge in [0.1, 0.15) is 12.0 Å². The molecule has 3 N–H and O–H groups in total. The van der Waals surface area contributed by atoms with E-state index < -0.39 is 28.9 Å². The first-order valence-corrected chi connectivity index (χ1v) is 8.62. The third-order valence-electron chi connectivity index (χ3n) is 4.59.